The average Bonchev–Trinajstić information content (AvgIpc) is 2.80. The van der Waals surface area contributed by atoms with E-state index in [9.17, 15) is 18.0 Å². The van der Waals surface area contributed by atoms with Crippen LogP contribution in [0.3, 0.4) is 0 Å². The summed E-state index contributed by atoms with van der Waals surface area (Å²) in [6, 6.07) is 2.94. The fraction of sp³-hybridized carbons (Fsp3) is 0.417. The van der Waals surface area contributed by atoms with Crippen molar-refractivity contribution in [3.8, 4) is 0 Å². The summed E-state index contributed by atoms with van der Waals surface area (Å²) in [6.45, 7) is 1.07. The summed E-state index contributed by atoms with van der Waals surface area (Å²) in [6.07, 6.45) is -2.81. The monoisotopic (exact) mass is 259 g/mol. The van der Waals surface area contributed by atoms with Crippen molar-refractivity contribution >= 4 is 11.7 Å². The largest absolute Gasteiger partial charge is 0.478 e. The second kappa shape index (κ2) is 4.51. The van der Waals surface area contributed by atoms with Gasteiger partial charge in [-0.2, -0.15) is 13.2 Å². The fourth-order valence-electron chi connectivity index (χ4n) is 2.12. The zero-order valence-electron chi connectivity index (χ0n) is 9.50. The predicted octanol–water partition coefficient (Wildman–Crippen LogP) is 3.00. The lowest BCUT2D eigenvalue weighted by Crippen LogP contribution is -2.22. The van der Waals surface area contributed by atoms with E-state index in [1.165, 1.54) is 0 Å². The van der Waals surface area contributed by atoms with Crippen LogP contribution in [0.25, 0.3) is 0 Å². The lowest BCUT2D eigenvalue weighted by atomic mass is 10.1. The molecule has 1 fully saturated rings. The first-order chi connectivity index (χ1) is 8.39. The van der Waals surface area contributed by atoms with E-state index in [0.29, 0.717) is 13.1 Å². The number of aromatic carboxylic acids is 1. The Bertz CT molecular complexity index is 465. The molecule has 1 N–H and O–H groups in total. The lowest BCUT2D eigenvalue weighted by molar-refractivity contribution is -0.137. The molecule has 98 valence electrons. The first kappa shape index (κ1) is 12.7. The van der Waals surface area contributed by atoms with Crippen molar-refractivity contribution in [3.63, 3.8) is 0 Å². The van der Waals surface area contributed by atoms with Crippen molar-refractivity contribution in [3.05, 3.63) is 29.3 Å². The molecule has 0 aliphatic carbocycles. The van der Waals surface area contributed by atoms with Gasteiger partial charge in [0.2, 0.25) is 0 Å². The summed E-state index contributed by atoms with van der Waals surface area (Å²) in [5, 5.41) is 8.85. The van der Waals surface area contributed by atoms with E-state index in [4.69, 9.17) is 5.11 Å². The molecule has 1 aromatic carbocycles. The molecule has 18 heavy (non-hydrogen) atoms. The molecule has 0 spiro atoms. The average molecular weight is 259 g/mol. The van der Waals surface area contributed by atoms with E-state index >= 15 is 0 Å². The van der Waals surface area contributed by atoms with E-state index in [2.05, 4.69) is 0 Å². The third-order valence-electron chi connectivity index (χ3n) is 3.00. The number of nitrogens with zero attached hydrogens (tertiary/aromatic N) is 1. The van der Waals surface area contributed by atoms with Crippen molar-refractivity contribution in [2.75, 3.05) is 18.0 Å². The van der Waals surface area contributed by atoms with Gasteiger partial charge in [-0.15, -0.1) is 0 Å². The maximum absolute atomic E-state index is 12.9. The van der Waals surface area contributed by atoms with Gasteiger partial charge in [-0.1, -0.05) is 0 Å². The van der Waals surface area contributed by atoms with Gasteiger partial charge in [0, 0.05) is 18.8 Å². The Hall–Kier alpha value is -1.72. The zero-order chi connectivity index (χ0) is 13.3. The highest BCUT2D eigenvalue weighted by atomic mass is 19.4. The van der Waals surface area contributed by atoms with Crippen LogP contribution in [0.4, 0.5) is 18.9 Å². The molecule has 2 rings (SSSR count). The quantitative estimate of drug-likeness (QED) is 0.887. The van der Waals surface area contributed by atoms with Gasteiger partial charge >= 0.3 is 12.1 Å². The number of halogens is 3. The molecule has 0 radical (unpaired) electrons. The standard InChI is InChI=1S/C12H12F3NO2/c13-12(14,15)9-4-3-8(11(17)18)7-10(9)16-5-1-2-6-16/h3-4,7H,1-2,5-6H2,(H,17,18). The normalized spacial score (nSPS) is 16.1. The Morgan fingerprint density at radius 2 is 1.83 bits per heavy atom. The minimum atomic E-state index is -4.46. The molecule has 1 heterocycles. The van der Waals surface area contributed by atoms with Crippen molar-refractivity contribution < 1.29 is 23.1 Å². The summed E-state index contributed by atoms with van der Waals surface area (Å²) in [4.78, 5) is 12.4. The van der Waals surface area contributed by atoms with Crippen molar-refractivity contribution in [1.29, 1.82) is 0 Å². The highest BCUT2D eigenvalue weighted by Gasteiger charge is 2.35. The van der Waals surface area contributed by atoms with E-state index in [1.807, 2.05) is 0 Å². The van der Waals surface area contributed by atoms with Gasteiger partial charge in [0.1, 0.15) is 0 Å². The fourth-order valence-corrected chi connectivity index (χ4v) is 2.12. The maximum Gasteiger partial charge on any atom is 0.418 e. The van der Waals surface area contributed by atoms with Crippen LogP contribution in [0.15, 0.2) is 18.2 Å². The molecule has 0 saturated carbocycles. The van der Waals surface area contributed by atoms with Gasteiger partial charge in [-0.3, -0.25) is 0 Å². The van der Waals surface area contributed by atoms with Crippen LogP contribution in [0, 0.1) is 0 Å². The molecular formula is C12H12F3NO2. The second-order valence-electron chi connectivity index (χ2n) is 4.23. The molecule has 0 atom stereocenters. The molecule has 3 nitrogen and oxygen atoms in total. The van der Waals surface area contributed by atoms with Crippen LogP contribution >= 0.6 is 0 Å². The lowest BCUT2D eigenvalue weighted by Gasteiger charge is -2.23. The highest BCUT2D eigenvalue weighted by molar-refractivity contribution is 5.89. The first-order valence-electron chi connectivity index (χ1n) is 5.59. The van der Waals surface area contributed by atoms with E-state index < -0.39 is 17.7 Å². The number of anilines is 1. The molecule has 0 unspecified atom stereocenters. The van der Waals surface area contributed by atoms with Crippen LogP contribution in [0.2, 0.25) is 0 Å². The van der Waals surface area contributed by atoms with Gasteiger partial charge in [-0.25, -0.2) is 4.79 Å². The summed E-state index contributed by atoms with van der Waals surface area (Å²) in [5.74, 6) is -1.22. The topological polar surface area (TPSA) is 40.5 Å². The van der Waals surface area contributed by atoms with Gasteiger partial charge in [0.05, 0.1) is 11.1 Å². The Morgan fingerprint density at radius 1 is 1.22 bits per heavy atom. The van der Waals surface area contributed by atoms with E-state index in [0.717, 1.165) is 31.0 Å². The SMILES string of the molecule is O=C(O)c1ccc(C(F)(F)F)c(N2CCCC2)c1. The summed E-state index contributed by atoms with van der Waals surface area (Å²) >= 11 is 0. The van der Waals surface area contributed by atoms with E-state index in [-0.39, 0.29) is 11.3 Å². The van der Waals surface area contributed by atoms with E-state index in [1.54, 1.807) is 4.90 Å². The van der Waals surface area contributed by atoms with Crippen molar-refractivity contribution in [2.45, 2.75) is 19.0 Å². The highest BCUT2D eigenvalue weighted by Crippen LogP contribution is 2.38. The minimum Gasteiger partial charge on any atom is -0.478 e. The summed E-state index contributed by atoms with van der Waals surface area (Å²) in [7, 11) is 0. The van der Waals surface area contributed by atoms with Crippen LogP contribution < -0.4 is 4.90 Å². The maximum atomic E-state index is 12.9. The predicted molar refractivity (Wildman–Crippen MR) is 59.9 cm³/mol. The number of hydrogen-bond acceptors (Lipinski definition) is 2. The van der Waals surface area contributed by atoms with Gasteiger partial charge in [0.15, 0.2) is 0 Å². The Morgan fingerprint density at radius 3 is 2.33 bits per heavy atom. The van der Waals surface area contributed by atoms with Crippen molar-refractivity contribution in [1.82, 2.24) is 0 Å². The number of alkyl halides is 3. The third kappa shape index (κ3) is 2.42. The summed E-state index contributed by atoms with van der Waals surface area (Å²) in [5.41, 5.74) is -0.917. The molecule has 1 saturated heterocycles. The summed E-state index contributed by atoms with van der Waals surface area (Å²) < 4.78 is 38.6. The number of carboxylic acids is 1. The smallest absolute Gasteiger partial charge is 0.418 e. The molecule has 6 heteroatoms. The van der Waals surface area contributed by atoms with Gasteiger partial charge in [-0.05, 0) is 31.0 Å². The molecule has 0 amide bonds. The number of benzene rings is 1. The molecule has 0 bridgehead atoms. The Labute approximate surface area is 102 Å². The van der Waals surface area contributed by atoms with Crippen LogP contribution in [-0.2, 0) is 6.18 Å². The number of carbonyl (C=O) groups is 1. The van der Waals surface area contributed by atoms with Crippen molar-refractivity contribution in [2.24, 2.45) is 0 Å². The van der Waals surface area contributed by atoms with Crippen LogP contribution in [-0.4, -0.2) is 24.2 Å². The number of carboxylic acid groups (broad SMARTS) is 1. The van der Waals surface area contributed by atoms with Gasteiger partial charge in [0.25, 0.3) is 0 Å². The van der Waals surface area contributed by atoms with Crippen LogP contribution in [0.1, 0.15) is 28.8 Å². The number of hydrogen-bond donors (Lipinski definition) is 1. The Balaban J connectivity index is 2.49. The third-order valence-corrected chi connectivity index (χ3v) is 3.00. The van der Waals surface area contributed by atoms with Gasteiger partial charge < -0.3 is 10.0 Å². The Kier molecular flexibility index (Phi) is 3.19. The molecule has 0 aromatic heterocycles. The first-order valence-corrected chi connectivity index (χ1v) is 5.59. The molecule has 1 aromatic rings. The second-order valence-corrected chi connectivity index (χ2v) is 4.23. The minimum absolute atomic E-state index is 0.0279. The van der Waals surface area contributed by atoms with Crippen LogP contribution in [0.5, 0.6) is 0 Å². The molecule has 1 aliphatic heterocycles. The molecule has 1 aliphatic rings. The zero-order valence-corrected chi connectivity index (χ0v) is 9.50. The molecular weight excluding hydrogens is 247 g/mol. The number of rotatable bonds is 2.